The number of rotatable bonds is 6. The molecule has 1 aliphatic rings. The molecule has 0 aromatic carbocycles. The summed E-state index contributed by atoms with van der Waals surface area (Å²) in [6, 6.07) is 0. The number of carbonyl (C=O) groups is 3. The molecule has 2 amide bonds. The molecule has 0 radical (unpaired) electrons. The number of anilines is 1. The Hall–Kier alpha value is -2.73. The summed E-state index contributed by atoms with van der Waals surface area (Å²) < 4.78 is 40.1. The summed E-state index contributed by atoms with van der Waals surface area (Å²) in [5.41, 5.74) is 0.0294. The van der Waals surface area contributed by atoms with E-state index < -0.39 is 34.2 Å². The van der Waals surface area contributed by atoms with Gasteiger partial charge in [0.1, 0.15) is 4.88 Å². The van der Waals surface area contributed by atoms with Crippen molar-refractivity contribution < 1.29 is 32.7 Å². The number of amides is 2. The molecule has 2 aromatic heterocycles. The largest absolute Gasteiger partial charge is 0.427 e. The van der Waals surface area contributed by atoms with Crippen molar-refractivity contribution in [3.8, 4) is 0 Å². The second kappa shape index (κ2) is 8.66. The van der Waals surface area contributed by atoms with Gasteiger partial charge in [0.15, 0.2) is 5.13 Å². The maximum Gasteiger partial charge on any atom is 0.427 e. The van der Waals surface area contributed by atoms with Gasteiger partial charge in [-0.05, 0) is 45.6 Å². The molecular weight excluding hydrogens is 449 g/mol. The molecule has 0 saturated carbocycles. The lowest BCUT2D eigenvalue weighted by molar-refractivity contribution is -0.134. The highest BCUT2D eigenvalue weighted by atomic mass is 32.1. The summed E-state index contributed by atoms with van der Waals surface area (Å²) >= 11 is 0.303. The van der Waals surface area contributed by atoms with Gasteiger partial charge in [-0.15, -0.1) is 0 Å². The van der Waals surface area contributed by atoms with Crippen LogP contribution < -0.4 is 10.6 Å². The molecule has 174 valence electrons. The van der Waals surface area contributed by atoms with Crippen LogP contribution >= 0.6 is 11.3 Å². The molecule has 1 aliphatic heterocycles. The predicted octanol–water partition coefficient (Wildman–Crippen LogP) is 2.93. The van der Waals surface area contributed by atoms with Gasteiger partial charge in [-0.1, -0.05) is 11.3 Å². The van der Waals surface area contributed by atoms with Gasteiger partial charge in [0.05, 0.1) is 29.6 Å². The number of alkyl halides is 3. The molecule has 3 rings (SSSR count). The third kappa shape index (κ3) is 4.70. The normalized spacial score (nSPS) is 14.1. The van der Waals surface area contributed by atoms with Gasteiger partial charge in [0, 0.05) is 12.2 Å². The van der Waals surface area contributed by atoms with Crippen LogP contribution in [0.5, 0.6) is 0 Å². The molecule has 2 aromatic rings. The number of carbonyl (C=O) groups excluding carboxylic acids is 3. The summed E-state index contributed by atoms with van der Waals surface area (Å²) in [4.78, 5) is 41.1. The highest BCUT2D eigenvalue weighted by Gasteiger charge is 2.35. The zero-order chi connectivity index (χ0) is 23.8. The molecule has 0 atom stereocenters. The number of halogens is 3. The van der Waals surface area contributed by atoms with E-state index in [0.717, 1.165) is 12.8 Å². The Bertz CT molecular complexity index is 1070. The minimum Gasteiger partial charge on any atom is -0.394 e. The fourth-order valence-corrected chi connectivity index (χ4v) is 4.28. The summed E-state index contributed by atoms with van der Waals surface area (Å²) in [6.45, 7) is 4.69. The average Bonchev–Trinajstić information content (AvgIpc) is 3.28. The summed E-state index contributed by atoms with van der Waals surface area (Å²) in [5, 5.41) is 14.0. The molecule has 3 N–H and O–H groups in total. The number of hydrogen-bond acceptors (Lipinski definition) is 6. The number of hydrogen-bond donors (Lipinski definition) is 3. The summed E-state index contributed by atoms with van der Waals surface area (Å²) in [6.07, 6.45) is -1.94. The van der Waals surface area contributed by atoms with E-state index >= 15 is 0 Å². The van der Waals surface area contributed by atoms with Crippen molar-refractivity contribution in [2.45, 2.75) is 58.3 Å². The number of aliphatic hydroxyl groups is 1. The number of nitrogens with zero attached hydrogens (tertiary/aromatic N) is 2. The predicted molar refractivity (Wildman–Crippen MR) is 111 cm³/mol. The van der Waals surface area contributed by atoms with E-state index in [1.54, 1.807) is 18.4 Å². The van der Waals surface area contributed by atoms with Gasteiger partial charge < -0.3 is 15.0 Å². The van der Waals surface area contributed by atoms with Crippen LogP contribution in [0.25, 0.3) is 0 Å². The molecule has 0 unspecified atom stereocenters. The summed E-state index contributed by atoms with van der Waals surface area (Å²) in [7, 11) is 0. The van der Waals surface area contributed by atoms with E-state index in [4.69, 9.17) is 0 Å². The first-order chi connectivity index (χ1) is 14.9. The van der Waals surface area contributed by atoms with Crippen molar-refractivity contribution in [3.63, 3.8) is 0 Å². The van der Waals surface area contributed by atoms with Crippen molar-refractivity contribution in [3.05, 3.63) is 33.6 Å². The first-order valence-electron chi connectivity index (χ1n) is 9.89. The smallest absolute Gasteiger partial charge is 0.394 e. The molecule has 12 heteroatoms. The molecule has 3 heterocycles. The molecule has 0 fully saturated rings. The third-order valence-electron chi connectivity index (χ3n) is 5.16. The Labute approximate surface area is 185 Å². The van der Waals surface area contributed by atoms with Gasteiger partial charge in [-0.25, -0.2) is 4.98 Å². The van der Waals surface area contributed by atoms with E-state index in [2.05, 4.69) is 15.6 Å². The monoisotopic (exact) mass is 472 g/mol. The average molecular weight is 472 g/mol. The second-order valence-corrected chi connectivity index (χ2v) is 9.24. The zero-order valence-electron chi connectivity index (χ0n) is 17.7. The van der Waals surface area contributed by atoms with E-state index in [1.807, 2.05) is 0 Å². The van der Waals surface area contributed by atoms with E-state index in [-0.39, 0.29) is 28.6 Å². The highest BCUT2D eigenvalue weighted by molar-refractivity contribution is 7.15. The Morgan fingerprint density at radius 3 is 2.53 bits per heavy atom. The first-order valence-corrected chi connectivity index (χ1v) is 10.7. The van der Waals surface area contributed by atoms with Crippen molar-refractivity contribution >= 4 is 34.1 Å². The fraction of sp³-hybridized carbons (Fsp3) is 0.500. The Kier molecular flexibility index (Phi) is 6.47. The van der Waals surface area contributed by atoms with Gasteiger partial charge in [-0.2, -0.15) is 13.2 Å². The molecule has 0 saturated heterocycles. The lowest BCUT2D eigenvalue weighted by Crippen LogP contribution is -2.49. The minimum atomic E-state index is -4.57. The van der Waals surface area contributed by atoms with Crippen molar-refractivity contribution in [2.24, 2.45) is 0 Å². The number of aromatic nitrogens is 2. The number of thiazole rings is 1. The standard InChI is InChI=1S/C20H23F3N4O4S/c1-10-13(16(30)25-18-24-8-12(32-18)20(21,22)23)11-6-4-5-7-27(11)14(10)15(29)17(31)26-19(2,3)9-28/h8,28H,4-7,9H2,1-3H3,(H,26,31)(H,24,25,30). The Balaban J connectivity index is 1.95. The number of fused-ring (bicyclic) bond motifs is 1. The third-order valence-corrected chi connectivity index (χ3v) is 6.12. The van der Waals surface area contributed by atoms with Crippen LogP contribution in [0.1, 0.15) is 63.7 Å². The number of aliphatic hydroxyl groups excluding tert-OH is 1. The highest BCUT2D eigenvalue weighted by Crippen LogP contribution is 2.36. The van der Waals surface area contributed by atoms with Crippen molar-refractivity contribution in [1.82, 2.24) is 14.9 Å². The first kappa shape index (κ1) is 23.9. The van der Waals surface area contributed by atoms with Gasteiger partial charge in [-0.3, -0.25) is 19.7 Å². The van der Waals surface area contributed by atoms with Crippen LogP contribution in [0.4, 0.5) is 18.3 Å². The Morgan fingerprint density at radius 1 is 1.25 bits per heavy atom. The second-order valence-electron chi connectivity index (χ2n) is 8.21. The SMILES string of the molecule is Cc1c(C(=O)Nc2ncc(C(F)(F)F)s2)c2n(c1C(=O)C(=O)NC(C)(C)CO)CCCC2. The van der Waals surface area contributed by atoms with Crippen molar-refractivity contribution in [2.75, 3.05) is 11.9 Å². The van der Waals surface area contributed by atoms with Gasteiger partial charge in [0.2, 0.25) is 0 Å². The van der Waals surface area contributed by atoms with Gasteiger partial charge >= 0.3 is 6.18 Å². The number of ketones is 1. The molecule has 32 heavy (non-hydrogen) atoms. The molecule has 0 aliphatic carbocycles. The molecule has 0 spiro atoms. The fourth-order valence-electron chi connectivity index (χ4n) is 3.60. The van der Waals surface area contributed by atoms with Gasteiger partial charge in [0.25, 0.3) is 17.6 Å². The van der Waals surface area contributed by atoms with Crippen LogP contribution in [0.3, 0.4) is 0 Å². The van der Waals surface area contributed by atoms with E-state index in [9.17, 15) is 32.7 Å². The van der Waals surface area contributed by atoms with Crippen LogP contribution in [0, 0.1) is 6.92 Å². The molecule has 0 bridgehead atoms. The lowest BCUT2D eigenvalue weighted by atomic mass is 10.0. The van der Waals surface area contributed by atoms with Crippen molar-refractivity contribution in [1.29, 1.82) is 0 Å². The van der Waals surface area contributed by atoms with E-state index in [0.29, 0.717) is 36.2 Å². The quantitative estimate of drug-likeness (QED) is 0.442. The zero-order valence-corrected chi connectivity index (χ0v) is 18.5. The van der Waals surface area contributed by atoms with Crippen LogP contribution in [-0.2, 0) is 23.9 Å². The minimum absolute atomic E-state index is 0.0613. The van der Waals surface area contributed by atoms with Crippen LogP contribution in [0.2, 0.25) is 0 Å². The lowest BCUT2D eigenvalue weighted by Gasteiger charge is -2.23. The van der Waals surface area contributed by atoms with Crippen LogP contribution in [0.15, 0.2) is 6.20 Å². The van der Waals surface area contributed by atoms with Crippen LogP contribution in [-0.4, -0.2) is 44.4 Å². The number of nitrogens with one attached hydrogen (secondary N) is 2. The molecular formula is C20H23F3N4O4S. The maximum absolute atomic E-state index is 13.0. The number of Topliss-reactive ketones (excluding diaryl/α,β-unsaturated/α-hetero) is 1. The summed E-state index contributed by atoms with van der Waals surface area (Å²) in [5.74, 6) is -2.45. The maximum atomic E-state index is 13.0. The molecule has 8 nitrogen and oxygen atoms in total. The topological polar surface area (TPSA) is 113 Å². The van der Waals surface area contributed by atoms with E-state index in [1.165, 1.54) is 6.92 Å². The Morgan fingerprint density at radius 2 is 1.94 bits per heavy atom.